The minimum atomic E-state index is -0.250. The molecule has 0 aliphatic heterocycles. The van der Waals surface area contributed by atoms with Crippen molar-refractivity contribution in [2.75, 3.05) is 0 Å². The lowest BCUT2D eigenvalue weighted by atomic mass is 10.1. The standard InChI is InChI=1S/2C12H10.CH2O2/c2*1-3-7-11(8-4-1)12-9-5-2-6-10-12;2-1-3/h2*1-10H;1H,(H,2,3). The first kappa shape index (κ1) is 19.7. The highest BCUT2D eigenvalue weighted by Crippen LogP contribution is 2.18. The molecule has 0 atom stereocenters. The van der Waals surface area contributed by atoms with Crippen molar-refractivity contribution < 1.29 is 9.90 Å². The Morgan fingerprint density at radius 1 is 0.407 bits per heavy atom. The van der Waals surface area contributed by atoms with Gasteiger partial charge in [-0.2, -0.15) is 0 Å². The third-order valence-corrected chi connectivity index (χ3v) is 3.76. The smallest absolute Gasteiger partial charge is 0.290 e. The van der Waals surface area contributed by atoms with Gasteiger partial charge in [-0.1, -0.05) is 121 Å². The van der Waals surface area contributed by atoms with Gasteiger partial charge >= 0.3 is 0 Å². The van der Waals surface area contributed by atoms with Crippen molar-refractivity contribution in [3.05, 3.63) is 121 Å². The van der Waals surface area contributed by atoms with E-state index in [-0.39, 0.29) is 6.47 Å². The lowest BCUT2D eigenvalue weighted by Gasteiger charge is -1.98. The first-order chi connectivity index (χ1) is 13.3. The second-order valence-electron chi connectivity index (χ2n) is 5.57. The second kappa shape index (κ2) is 11.8. The molecule has 0 saturated heterocycles. The SMILES string of the molecule is O=CO.c1ccc(-c2ccccc2)cc1.c1ccc(-c2ccccc2)cc1. The number of rotatable bonds is 2. The summed E-state index contributed by atoms with van der Waals surface area (Å²) in [5, 5.41) is 6.89. The van der Waals surface area contributed by atoms with Gasteiger partial charge < -0.3 is 5.11 Å². The van der Waals surface area contributed by atoms with Gasteiger partial charge in [-0.3, -0.25) is 4.79 Å². The van der Waals surface area contributed by atoms with E-state index in [1.807, 2.05) is 24.3 Å². The maximum absolute atomic E-state index is 8.36. The Bertz CT molecular complexity index is 724. The lowest BCUT2D eigenvalue weighted by molar-refractivity contribution is -0.122. The summed E-state index contributed by atoms with van der Waals surface area (Å²) in [5.74, 6) is 0. The highest BCUT2D eigenvalue weighted by molar-refractivity contribution is 5.63. The topological polar surface area (TPSA) is 37.3 Å². The maximum atomic E-state index is 8.36. The second-order valence-corrected chi connectivity index (χ2v) is 5.57. The number of hydrogen-bond acceptors (Lipinski definition) is 1. The van der Waals surface area contributed by atoms with Crippen LogP contribution < -0.4 is 0 Å². The van der Waals surface area contributed by atoms with Crippen molar-refractivity contribution in [1.82, 2.24) is 0 Å². The number of benzene rings is 4. The van der Waals surface area contributed by atoms with Crippen LogP contribution in [0.5, 0.6) is 0 Å². The summed E-state index contributed by atoms with van der Waals surface area (Å²) >= 11 is 0. The molecule has 4 rings (SSSR count). The molecule has 134 valence electrons. The van der Waals surface area contributed by atoms with Gasteiger partial charge in [0.1, 0.15) is 0 Å². The van der Waals surface area contributed by atoms with Crippen LogP contribution in [0.3, 0.4) is 0 Å². The molecule has 0 radical (unpaired) electrons. The van der Waals surface area contributed by atoms with Crippen LogP contribution in [0.1, 0.15) is 0 Å². The summed E-state index contributed by atoms with van der Waals surface area (Å²) < 4.78 is 0. The Hall–Kier alpha value is -3.65. The van der Waals surface area contributed by atoms with Gasteiger partial charge in [0.05, 0.1) is 0 Å². The first-order valence-electron chi connectivity index (χ1n) is 8.64. The molecule has 0 amide bonds. The quantitative estimate of drug-likeness (QED) is 0.422. The lowest BCUT2D eigenvalue weighted by Crippen LogP contribution is -1.73. The molecule has 4 aromatic carbocycles. The molecule has 1 N–H and O–H groups in total. The molecular formula is C25H22O2. The molecule has 0 heterocycles. The van der Waals surface area contributed by atoms with E-state index in [0.29, 0.717) is 0 Å². The average Bonchev–Trinajstić information content (AvgIpc) is 2.77. The van der Waals surface area contributed by atoms with E-state index in [4.69, 9.17) is 9.90 Å². The minimum Gasteiger partial charge on any atom is -0.483 e. The van der Waals surface area contributed by atoms with Crippen LogP contribution in [0, 0.1) is 0 Å². The Kier molecular flexibility index (Phi) is 8.62. The summed E-state index contributed by atoms with van der Waals surface area (Å²) in [5.41, 5.74) is 5.10. The minimum absolute atomic E-state index is 0.250. The highest BCUT2D eigenvalue weighted by atomic mass is 16.3. The van der Waals surface area contributed by atoms with Crippen LogP contribution in [0.25, 0.3) is 22.3 Å². The molecule has 0 saturated carbocycles. The molecule has 0 aliphatic rings. The molecule has 27 heavy (non-hydrogen) atoms. The van der Waals surface area contributed by atoms with E-state index in [0.717, 1.165) is 0 Å². The molecule has 4 aromatic rings. The molecule has 0 unspecified atom stereocenters. The molecule has 2 heteroatoms. The molecule has 0 spiro atoms. The summed E-state index contributed by atoms with van der Waals surface area (Å²) in [4.78, 5) is 8.36. The van der Waals surface area contributed by atoms with E-state index in [1.165, 1.54) is 22.3 Å². The zero-order valence-corrected chi connectivity index (χ0v) is 15.0. The molecule has 2 nitrogen and oxygen atoms in total. The summed E-state index contributed by atoms with van der Waals surface area (Å²) in [6, 6.07) is 41.6. The zero-order valence-electron chi connectivity index (χ0n) is 15.0. The van der Waals surface area contributed by atoms with Crippen molar-refractivity contribution in [2.45, 2.75) is 0 Å². The van der Waals surface area contributed by atoms with Gasteiger partial charge in [0.2, 0.25) is 0 Å². The molecule has 0 bridgehead atoms. The van der Waals surface area contributed by atoms with Gasteiger partial charge in [0.15, 0.2) is 0 Å². The number of hydrogen-bond donors (Lipinski definition) is 1. The predicted molar refractivity (Wildman–Crippen MR) is 112 cm³/mol. The van der Waals surface area contributed by atoms with E-state index in [9.17, 15) is 0 Å². The van der Waals surface area contributed by atoms with Gasteiger partial charge in [0.25, 0.3) is 6.47 Å². The molecule has 0 fully saturated rings. The predicted octanol–water partition coefficient (Wildman–Crippen LogP) is 6.41. The Morgan fingerprint density at radius 2 is 0.556 bits per heavy atom. The first-order valence-corrected chi connectivity index (χ1v) is 8.64. The maximum Gasteiger partial charge on any atom is 0.290 e. The van der Waals surface area contributed by atoms with Crippen molar-refractivity contribution in [3.8, 4) is 22.3 Å². The van der Waals surface area contributed by atoms with Crippen molar-refractivity contribution in [3.63, 3.8) is 0 Å². The summed E-state index contributed by atoms with van der Waals surface area (Å²) in [6.45, 7) is -0.250. The fourth-order valence-electron chi connectivity index (χ4n) is 2.52. The van der Waals surface area contributed by atoms with Crippen LogP contribution in [-0.2, 0) is 4.79 Å². The number of carbonyl (C=O) groups is 1. The Morgan fingerprint density at radius 3 is 0.704 bits per heavy atom. The number of carboxylic acid groups (broad SMARTS) is 1. The van der Waals surface area contributed by atoms with E-state index in [2.05, 4.69) is 97.1 Å². The average molecular weight is 354 g/mol. The molecule has 0 aromatic heterocycles. The van der Waals surface area contributed by atoms with Crippen molar-refractivity contribution in [2.24, 2.45) is 0 Å². The normalized spacial score (nSPS) is 9.04. The molecule has 0 aliphatic carbocycles. The van der Waals surface area contributed by atoms with Gasteiger partial charge in [-0.05, 0) is 22.3 Å². The van der Waals surface area contributed by atoms with Crippen molar-refractivity contribution in [1.29, 1.82) is 0 Å². The van der Waals surface area contributed by atoms with Crippen LogP contribution >= 0.6 is 0 Å². The van der Waals surface area contributed by atoms with Crippen LogP contribution in [0.15, 0.2) is 121 Å². The monoisotopic (exact) mass is 354 g/mol. The third kappa shape index (κ3) is 7.00. The van der Waals surface area contributed by atoms with Gasteiger partial charge in [-0.15, -0.1) is 0 Å². The van der Waals surface area contributed by atoms with E-state index >= 15 is 0 Å². The largest absolute Gasteiger partial charge is 0.483 e. The fourth-order valence-corrected chi connectivity index (χ4v) is 2.52. The van der Waals surface area contributed by atoms with Gasteiger partial charge in [-0.25, -0.2) is 0 Å². The summed E-state index contributed by atoms with van der Waals surface area (Å²) in [6.07, 6.45) is 0. The van der Waals surface area contributed by atoms with Gasteiger partial charge in [0, 0.05) is 0 Å². The van der Waals surface area contributed by atoms with Crippen molar-refractivity contribution >= 4 is 6.47 Å². The highest BCUT2D eigenvalue weighted by Gasteiger charge is 1.92. The van der Waals surface area contributed by atoms with Crippen LogP contribution in [0.2, 0.25) is 0 Å². The van der Waals surface area contributed by atoms with Crippen LogP contribution in [0.4, 0.5) is 0 Å². The van der Waals surface area contributed by atoms with E-state index in [1.54, 1.807) is 0 Å². The third-order valence-electron chi connectivity index (χ3n) is 3.76. The zero-order chi connectivity index (χ0) is 19.2. The summed E-state index contributed by atoms with van der Waals surface area (Å²) in [7, 11) is 0. The van der Waals surface area contributed by atoms with E-state index < -0.39 is 0 Å². The molecular weight excluding hydrogens is 332 g/mol. The Labute approximate surface area is 160 Å². The Balaban J connectivity index is 0.000000170. The van der Waals surface area contributed by atoms with Crippen LogP contribution in [-0.4, -0.2) is 11.6 Å². The fraction of sp³-hybridized carbons (Fsp3) is 0.